The van der Waals surface area contributed by atoms with Crippen molar-refractivity contribution in [2.24, 2.45) is 0 Å². The van der Waals surface area contributed by atoms with Crippen LogP contribution >= 0.6 is 0 Å². The van der Waals surface area contributed by atoms with Gasteiger partial charge in [-0.25, -0.2) is 0 Å². The molecule has 0 bridgehead atoms. The molecule has 2 aromatic heterocycles. The Morgan fingerprint density at radius 2 is 0.632 bits per heavy atom. The normalized spacial score (nSPS) is 11.9. The highest BCUT2D eigenvalue weighted by molar-refractivity contribution is 6.25. The summed E-state index contributed by atoms with van der Waals surface area (Å²) in [6.45, 7) is 0. The minimum atomic E-state index is 0.872. The van der Waals surface area contributed by atoms with Crippen LogP contribution < -0.4 is 0 Å². The molecule has 2 nitrogen and oxygen atoms in total. The predicted octanol–water partition coefficient (Wildman–Crippen LogP) is 21.3. The fourth-order valence-electron chi connectivity index (χ4n) is 12.7. The Balaban J connectivity index is 0.928. The highest BCUT2D eigenvalue weighted by Gasteiger charge is 2.23. The first kappa shape index (κ1) is 42.5. The molecule has 0 aliphatic rings. The zero-order valence-corrected chi connectivity index (χ0v) is 41.2. The van der Waals surface area contributed by atoms with Crippen LogP contribution in [0.5, 0.6) is 0 Å². The van der Waals surface area contributed by atoms with Crippen LogP contribution in [0.25, 0.3) is 165 Å². The molecular weight excluding hydrogens is 921 g/mol. The Morgan fingerprint density at radius 3 is 1.33 bits per heavy atom. The number of benzene rings is 14. The number of para-hydroxylation sites is 2. The number of rotatable bonds is 6. The SMILES string of the molecule is c1ccc(-c2c3ccccc3c(-c3ccc4oc5ccccc5c4c3)c3ccc(-c4cc(-c5cccc(-c6c7ccccc7c(-c7cccc8ccccc78)c7ccccc67)c5)c5oc6ccccc6c5c4)cc23)cc1. The van der Waals surface area contributed by atoms with Gasteiger partial charge in [-0.1, -0.05) is 218 Å². The van der Waals surface area contributed by atoms with E-state index in [4.69, 9.17) is 8.83 Å². The Bertz CT molecular complexity index is 4990. The molecule has 0 atom stereocenters. The summed E-state index contributed by atoms with van der Waals surface area (Å²) < 4.78 is 13.3. The molecule has 14 aromatic carbocycles. The lowest BCUT2D eigenvalue weighted by Crippen LogP contribution is -1.92. The van der Waals surface area contributed by atoms with E-state index >= 15 is 0 Å². The van der Waals surface area contributed by atoms with Gasteiger partial charge in [0, 0.05) is 27.1 Å². The van der Waals surface area contributed by atoms with Crippen LogP contribution in [0.3, 0.4) is 0 Å². The maximum Gasteiger partial charge on any atom is 0.143 e. The van der Waals surface area contributed by atoms with Gasteiger partial charge in [0.15, 0.2) is 0 Å². The van der Waals surface area contributed by atoms with Crippen molar-refractivity contribution in [3.05, 3.63) is 267 Å². The van der Waals surface area contributed by atoms with Crippen LogP contribution in [0.4, 0.5) is 0 Å². The Morgan fingerprint density at radius 1 is 0.184 bits per heavy atom. The molecule has 0 N–H and O–H groups in total. The van der Waals surface area contributed by atoms with Gasteiger partial charge in [-0.05, 0) is 164 Å². The number of hydrogen-bond acceptors (Lipinski definition) is 2. The minimum absolute atomic E-state index is 0.872. The quantitative estimate of drug-likeness (QED) is 0.155. The number of furan rings is 2. The predicted molar refractivity (Wildman–Crippen MR) is 321 cm³/mol. The van der Waals surface area contributed by atoms with Gasteiger partial charge in [0.2, 0.25) is 0 Å². The average molecular weight is 965 g/mol. The van der Waals surface area contributed by atoms with Crippen LogP contribution in [-0.2, 0) is 0 Å². The molecule has 0 aliphatic heterocycles. The topological polar surface area (TPSA) is 26.3 Å². The summed E-state index contributed by atoms with van der Waals surface area (Å²) in [6.07, 6.45) is 0. The maximum atomic E-state index is 6.92. The lowest BCUT2D eigenvalue weighted by molar-refractivity contribution is 0.669. The van der Waals surface area contributed by atoms with Crippen molar-refractivity contribution in [1.82, 2.24) is 0 Å². The molecule has 2 heteroatoms. The molecular formula is C74H44O2. The van der Waals surface area contributed by atoms with E-state index in [2.05, 4.69) is 261 Å². The van der Waals surface area contributed by atoms with Gasteiger partial charge in [-0.15, -0.1) is 0 Å². The molecule has 16 aromatic rings. The van der Waals surface area contributed by atoms with E-state index in [1.54, 1.807) is 0 Å². The fraction of sp³-hybridized carbons (Fsp3) is 0. The van der Waals surface area contributed by atoms with E-state index in [1.807, 2.05) is 6.07 Å². The fourth-order valence-corrected chi connectivity index (χ4v) is 12.7. The summed E-state index contributed by atoms with van der Waals surface area (Å²) in [4.78, 5) is 0. The summed E-state index contributed by atoms with van der Waals surface area (Å²) in [5.41, 5.74) is 17.6. The third kappa shape index (κ3) is 6.47. The van der Waals surface area contributed by atoms with E-state index in [9.17, 15) is 0 Å². The summed E-state index contributed by atoms with van der Waals surface area (Å²) in [7, 11) is 0. The number of hydrogen-bond donors (Lipinski definition) is 0. The smallest absolute Gasteiger partial charge is 0.143 e. The highest BCUT2D eigenvalue weighted by atomic mass is 16.3. The van der Waals surface area contributed by atoms with Crippen molar-refractivity contribution < 1.29 is 8.83 Å². The largest absolute Gasteiger partial charge is 0.456 e. The van der Waals surface area contributed by atoms with Crippen LogP contribution in [0.1, 0.15) is 0 Å². The molecule has 0 saturated heterocycles. The standard InChI is InChI=1S/C74H44O2/c1-2-19-46(20-3-1)70-56-27-6-7-28-57(56)72(50-37-39-69-64(42-50)53-25-12-14-34-67(53)75-69)62-38-36-47(41-65(62)70)51-43-63(74-66(44-51)54-26-13-15-35-68(54)76-74)48-22-16-23-49(40-48)71-58-29-8-10-31-60(58)73(61-32-11-9-30-59(61)71)55-33-17-21-45-18-4-5-24-52(45)55/h1-44H. The van der Waals surface area contributed by atoms with Crippen molar-refractivity contribution in [2.75, 3.05) is 0 Å². The summed E-state index contributed by atoms with van der Waals surface area (Å²) in [6, 6.07) is 97.5. The van der Waals surface area contributed by atoms with Crippen LogP contribution in [0.2, 0.25) is 0 Å². The third-order valence-corrected chi connectivity index (χ3v) is 16.0. The molecule has 0 aliphatic carbocycles. The second kappa shape index (κ2) is 16.8. The highest BCUT2D eigenvalue weighted by Crippen LogP contribution is 2.49. The zero-order chi connectivity index (χ0) is 49.8. The van der Waals surface area contributed by atoms with Crippen molar-refractivity contribution in [3.8, 4) is 66.8 Å². The molecule has 0 spiro atoms. The molecule has 0 unspecified atom stereocenters. The second-order valence-corrected chi connectivity index (χ2v) is 20.2. The molecule has 2 heterocycles. The van der Waals surface area contributed by atoms with Gasteiger partial charge >= 0.3 is 0 Å². The molecule has 0 saturated carbocycles. The molecule has 0 fully saturated rings. The summed E-state index contributed by atoms with van der Waals surface area (Å²) >= 11 is 0. The molecule has 352 valence electrons. The lowest BCUT2D eigenvalue weighted by Gasteiger charge is -2.19. The first-order valence-corrected chi connectivity index (χ1v) is 26.1. The average Bonchev–Trinajstić information content (AvgIpc) is 4.12. The van der Waals surface area contributed by atoms with Crippen molar-refractivity contribution in [3.63, 3.8) is 0 Å². The van der Waals surface area contributed by atoms with E-state index in [0.29, 0.717) is 0 Å². The Labute approximate surface area is 437 Å². The second-order valence-electron chi connectivity index (χ2n) is 20.2. The van der Waals surface area contributed by atoms with Gasteiger partial charge in [0.25, 0.3) is 0 Å². The Kier molecular flexibility index (Phi) is 9.37. The maximum absolute atomic E-state index is 6.92. The van der Waals surface area contributed by atoms with Crippen LogP contribution in [0.15, 0.2) is 276 Å². The molecule has 0 radical (unpaired) electrons. The minimum Gasteiger partial charge on any atom is -0.456 e. The van der Waals surface area contributed by atoms with Crippen molar-refractivity contribution in [1.29, 1.82) is 0 Å². The van der Waals surface area contributed by atoms with Gasteiger partial charge < -0.3 is 8.83 Å². The van der Waals surface area contributed by atoms with E-state index in [1.165, 1.54) is 87.2 Å². The van der Waals surface area contributed by atoms with Crippen LogP contribution in [-0.4, -0.2) is 0 Å². The first-order chi connectivity index (χ1) is 37.7. The van der Waals surface area contributed by atoms with Gasteiger partial charge in [-0.3, -0.25) is 0 Å². The third-order valence-electron chi connectivity index (χ3n) is 16.0. The van der Waals surface area contributed by atoms with Crippen LogP contribution in [0, 0.1) is 0 Å². The lowest BCUT2D eigenvalue weighted by atomic mass is 9.84. The van der Waals surface area contributed by atoms with Gasteiger partial charge in [0.1, 0.15) is 22.3 Å². The first-order valence-electron chi connectivity index (χ1n) is 26.1. The summed E-state index contributed by atoms with van der Waals surface area (Å²) in [5.74, 6) is 0. The van der Waals surface area contributed by atoms with E-state index in [-0.39, 0.29) is 0 Å². The van der Waals surface area contributed by atoms with E-state index < -0.39 is 0 Å². The molecule has 0 amide bonds. The molecule has 76 heavy (non-hydrogen) atoms. The van der Waals surface area contributed by atoms with E-state index in [0.717, 1.165) is 77.3 Å². The number of fused-ring (bicyclic) bond motifs is 11. The van der Waals surface area contributed by atoms with Crippen molar-refractivity contribution >= 4 is 97.7 Å². The Hall–Kier alpha value is -10.0. The summed E-state index contributed by atoms with van der Waals surface area (Å²) in [5, 5.41) is 16.6. The van der Waals surface area contributed by atoms with Gasteiger partial charge in [0.05, 0.1) is 0 Å². The monoisotopic (exact) mass is 964 g/mol. The van der Waals surface area contributed by atoms with Crippen molar-refractivity contribution in [2.45, 2.75) is 0 Å². The zero-order valence-electron chi connectivity index (χ0n) is 41.2. The molecule has 16 rings (SSSR count). The van der Waals surface area contributed by atoms with Gasteiger partial charge in [-0.2, -0.15) is 0 Å².